The van der Waals surface area contributed by atoms with Crippen molar-refractivity contribution in [3.63, 3.8) is 0 Å². The zero-order valence-electron chi connectivity index (χ0n) is 16.2. The van der Waals surface area contributed by atoms with Gasteiger partial charge in [-0.2, -0.15) is 23.4 Å². The maximum Gasteiger partial charge on any atom is 0.435 e. The summed E-state index contributed by atoms with van der Waals surface area (Å²) in [5.74, 6) is -0.588. The molecule has 1 aromatic carbocycles. The molecule has 1 N–H and O–H groups in total. The fourth-order valence-electron chi connectivity index (χ4n) is 3.20. The van der Waals surface area contributed by atoms with Gasteiger partial charge in [-0.1, -0.05) is 23.7 Å². The van der Waals surface area contributed by atoms with Crippen LogP contribution in [0.2, 0.25) is 5.02 Å². The molecular weight excluding hydrogens is 438 g/mol. The largest absolute Gasteiger partial charge is 0.435 e. The monoisotopic (exact) mass is 455 g/mol. The van der Waals surface area contributed by atoms with E-state index in [0.29, 0.717) is 12.2 Å². The Morgan fingerprint density at radius 3 is 2.55 bits per heavy atom. The van der Waals surface area contributed by atoms with E-state index in [4.69, 9.17) is 11.6 Å². The summed E-state index contributed by atoms with van der Waals surface area (Å²) in [4.78, 5) is 12.3. The second kappa shape index (κ2) is 8.33. The molecule has 164 valence electrons. The van der Waals surface area contributed by atoms with Crippen molar-refractivity contribution in [1.29, 1.82) is 0 Å². The molecule has 0 bridgehead atoms. The quantitative estimate of drug-likeness (QED) is 0.518. The van der Waals surface area contributed by atoms with Crippen LogP contribution in [0.15, 0.2) is 36.5 Å². The highest BCUT2D eigenvalue weighted by Gasteiger charge is 2.37. The van der Waals surface area contributed by atoms with Gasteiger partial charge in [0.1, 0.15) is 10.8 Å². The Balaban J connectivity index is 1.38. The number of hydrogen-bond acceptors (Lipinski definition) is 3. The lowest BCUT2D eigenvalue weighted by atomic mass is 10.2. The molecule has 0 spiro atoms. The Kier molecular flexibility index (Phi) is 5.74. The number of nitrogens with zero attached hydrogens (tertiary/aromatic N) is 4. The summed E-state index contributed by atoms with van der Waals surface area (Å²) in [6.45, 7) is 0.343. The SMILES string of the molecule is O=C(CCn1nc(C(F)(F)F)cc1C1CC1)Nc1nn(Cc2ccc(F)cc2)cc1Cl. The number of halogens is 5. The molecule has 1 aliphatic carbocycles. The van der Waals surface area contributed by atoms with E-state index in [9.17, 15) is 22.4 Å². The summed E-state index contributed by atoms with van der Waals surface area (Å²) in [7, 11) is 0. The lowest BCUT2D eigenvalue weighted by Crippen LogP contribution is -2.17. The Hall–Kier alpha value is -2.88. The van der Waals surface area contributed by atoms with Crippen molar-refractivity contribution in [2.45, 2.75) is 44.4 Å². The third kappa shape index (κ3) is 5.25. The smallest absolute Gasteiger partial charge is 0.308 e. The first-order chi connectivity index (χ1) is 14.7. The van der Waals surface area contributed by atoms with Gasteiger partial charge in [-0.3, -0.25) is 14.2 Å². The minimum atomic E-state index is -4.53. The van der Waals surface area contributed by atoms with E-state index in [1.807, 2.05) is 0 Å². The van der Waals surface area contributed by atoms with Crippen LogP contribution >= 0.6 is 11.6 Å². The van der Waals surface area contributed by atoms with Gasteiger partial charge < -0.3 is 5.32 Å². The number of aryl methyl sites for hydroxylation is 1. The van der Waals surface area contributed by atoms with Crippen LogP contribution in [0.3, 0.4) is 0 Å². The molecule has 4 rings (SSSR count). The van der Waals surface area contributed by atoms with Crippen LogP contribution in [-0.4, -0.2) is 25.5 Å². The fourth-order valence-corrected chi connectivity index (χ4v) is 3.40. The predicted molar refractivity (Wildman–Crippen MR) is 105 cm³/mol. The number of alkyl halides is 3. The van der Waals surface area contributed by atoms with Crippen molar-refractivity contribution in [2.75, 3.05) is 5.32 Å². The van der Waals surface area contributed by atoms with E-state index in [1.165, 1.54) is 27.7 Å². The maximum atomic E-state index is 13.0. The lowest BCUT2D eigenvalue weighted by Gasteiger charge is -2.07. The van der Waals surface area contributed by atoms with E-state index in [-0.39, 0.29) is 35.5 Å². The first kappa shape index (κ1) is 21.4. The Bertz CT molecular complexity index is 1090. The molecule has 1 fully saturated rings. The number of nitrogens with one attached hydrogen (secondary N) is 1. The molecule has 0 radical (unpaired) electrons. The Morgan fingerprint density at radius 2 is 1.90 bits per heavy atom. The predicted octanol–water partition coefficient (Wildman–Crippen LogP) is 4.85. The molecular formula is C20H18ClF4N5O. The van der Waals surface area contributed by atoms with Crippen molar-refractivity contribution in [3.05, 3.63) is 64.3 Å². The normalized spacial score (nSPS) is 14.1. The van der Waals surface area contributed by atoms with Crippen LogP contribution in [0, 0.1) is 5.82 Å². The second-order valence-electron chi connectivity index (χ2n) is 7.40. The summed E-state index contributed by atoms with van der Waals surface area (Å²) in [5, 5.41) is 10.6. The molecule has 0 unspecified atom stereocenters. The highest BCUT2D eigenvalue weighted by molar-refractivity contribution is 6.33. The van der Waals surface area contributed by atoms with Crippen molar-refractivity contribution < 1.29 is 22.4 Å². The molecule has 1 amide bonds. The number of anilines is 1. The minimum Gasteiger partial charge on any atom is -0.308 e. The fraction of sp³-hybridized carbons (Fsp3) is 0.350. The van der Waals surface area contributed by atoms with E-state index >= 15 is 0 Å². The van der Waals surface area contributed by atoms with Crippen molar-refractivity contribution in [3.8, 4) is 0 Å². The molecule has 0 atom stereocenters. The zero-order chi connectivity index (χ0) is 22.2. The molecule has 31 heavy (non-hydrogen) atoms. The van der Waals surface area contributed by atoms with Gasteiger partial charge in [0.25, 0.3) is 0 Å². The van der Waals surface area contributed by atoms with E-state index in [1.54, 1.807) is 12.1 Å². The van der Waals surface area contributed by atoms with Crippen LogP contribution in [0.5, 0.6) is 0 Å². The third-order valence-corrected chi connectivity index (χ3v) is 5.16. The Labute approximate surface area is 179 Å². The number of carbonyl (C=O) groups excluding carboxylic acids is 1. The maximum absolute atomic E-state index is 13.0. The first-order valence-electron chi connectivity index (χ1n) is 9.61. The minimum absolute atomic E-state index is 0.0155. The van der Waals surface area contributed by atoms with Gasteiger partial charge in [-0.25, -0.2) is 4.39 Å². The van der Waals surface area contributed by atoms with E-state index in [2.05, 4.69) is 15.5 Å². The lowest BCUT2D eigenvalue weighted by molar-refractivity contribution is -0.141. The molecule has 0 saturated heterocycles. The van der Waals surface area contributed by atoms with Crippen molar-refractivity contribution in [2.24, 2.45) is 0 Å². The van der Waals surface area contributed by atoms with Crippen LogP contribution < -0.4 is 5.32 Å². The number of benzene rings is 1. The molecule has 2 heterocycles. The van der Waals surface area contributed by atoms with Gasteiger partial charge >= 0.3 is 6.18 Å². The number of hydrogen-bond donors (Lipinski definition) is 1. The Morgan fingerprint density at radius 1 is 1.19 bits per heavy atom. The number of aromatic nitrogens is 4. The molecule has 6 nitrogen and oxygen atoms in total. The number of rotatable bonds is 7. The van der Waals surface area contributed by atoms with Crippen LogP contribution in [0.25, 0.3) is 0 Å². The van der Waals surface area contributed by atoms with Crippen LogP contribution in [-0.2, 0) is 24.1 Å². The van der Waals surface area contributed by atoms with Gasteiger partial charge in [0, 0.05) is 30.8 Å². The summed E-state index contributed by atoms with van der Waals surface area (Å²) < 4.78 is 54.7. The summed E-state index contributed by atoms with van der Waals surface area (Å²) in [5.41, 5.74) is 0.351. The number of carbonyl (C=O) groups is 1. The highest BCUT2D eigenvalue weighted by Crippen LogP contribution is 2.42. The van der Waals surface area contributed by atoms with Crippen molar-refractivity contribution in [1.82, 2.24) is 19.6 Å². The van der Waals surface area contributed by atoms with E-state index in [0.717, 1.165) is 24.5 Å². The second-order valence-corrected chi connectivity index (χ2v) is 7.80. The number of amides is 1. The summed E-state index contributed by atoms with van der Waals surface area (Å²) in [6, 6.07) is 6.94. The first-order valence-corrected chi connectivity index (χ1v) is 9.99. The topological polar surface area (TPSA) is 64.7 Å². The molecule has 0 aliphatic heterocycles. The standard InChI is InChI=1S/C20H18ClF4N5O/c21-15-11-29(10-12-1-5-14(22)6-2-12)28-19(15)26-18(31)7-8-30-16(13-3-4-13)9-17(27-30)20(23,24)25/h1-2,5-6,9,11,13H,3-4,7-8,10H2,(H,26,28,31). The summed E-state index contributed by atoms with van der Waals surface area (Å²) >= 11 is 6.13. The molecule has 1 aliphatic rings. The van der Waals surface area contributed by atoms with E-state index < -0.39 is 17.8 Å². The van der Waals surface area contributed by atoms with Gasteiger partial charge in [-0.15, -0.1) is 0 Å². The zero-order valence-corrected chi connectivity index (χ0v) is 16.9. The van der Waals surface area contributed by atoms with Gasteiger partial charge in [0.05, 0.1) is 6.54 Å². The molecule has 11 heteroatoms. The van der Waals surface area contributed by atoms with Crippen LogP contribution in [0.1, 0.15) is 42.1 Å². The molecule has 2 aromatic heterocycles. The van der Waals surface area contributed by atoms with Crippen molar-refractivity contribution >= 4 is 23.3 Å². The summed E-state index contributed by atoms with van der Waals surface area (Å²) in [6.07, 6.45) is -1.46. The van der Waals surface area contributed by atoms with Gasteiger partial charge in [0.15, 0.2) is 11.5 Å². The average Bonchev–Trinajstić information content (AvgIpc) is 3.35. The molecule has 3 aromatic rings. The van der Waals surface area contributed by atoms with Crippen LogP contribution in [0.4, 0.5) is 23.4 Å². The van der Waals surface area contributed by atoms with Gasteiger partial charge in [-0.05, 0) is 36.6 Å². The highest BCUT2D eigenvalue weighted by atomic mass is 35.5. The molecule has 1 saturated carbocycles. The average molecular weight is 456 g/mol. The third-order valence-electron chi connectivity index (χ3n) is 4.88. The van der Waals surface area contributed by atoms with Gasteiger partial charge in [0.2, 0.25) is 5.91 Å².